The molecule has 2 aromatic heterocycles. The van der Waals surface area contributed by atoms with Crippen molar-refractivity contribution < 1.29 is 9.90 Å². The van der Waals surface area contributed by atoms with E-state index >= 15 is 0 Å². The molecule has 0 radical (unpaired) electrons. The summed E-state index contributed by atoms with van der Waals surface area (Å²) >= 11 is 1.49. The summed E-state index contributed by atoms with van der Waals surface area (Å²) in [7, 11) is 0. The van der Waals surface area contributed by atoms with E-state index in [0.29, 0.717) is 12.1 Å². The van der Waals surface area contributed by atoms with Crippen LogP contribution in [-0.2, 0) is 6.54 Å². The van der Waals surface area contributed by atoms with Gasteiger partial charge in [0.05, 0.1) is 12.2 Å². The Labute approximate surface area is 131 Å². The Bertz CT molecular complexity index is 770. The zero-order valence-electron chi connectivity index (χ0n) is 11.6. The predicted molar refractivity (Wildman–Crippen MR) is 84.6 cm³/mol. The van der Waals surface area contributed by atoms with E-state index in [2.05, 4.69) is 15.3 Å². The largest absolute Gasteiger partial charge is 0.508 e. The van der Waals surface area contributed by atoms with Gasteiger partial charge in [0.1, 0.15) is 10.8 Å². The number of benzene rings is 1. The SMILES string of the molecule is O=C(NCc1nc(-c2ccc(O)cc2)cs1)c1ccncc1. The molecular weight excluding hydrogens is 298 g/mol. The highest BCUT2D eigenvalue weighted by Crippen LogP contribution is 2.23. The normalized spacial score (nSPS) is 10.4. The van der Waals surface area contributed by atoms with Crippen molar-refractivity contribution in [3.8, 4) is 17.0 Å². The fourth-order valence-electron chi connectivity index (χ4n) is 1.92. The van der Waals surface area contributed by atoms with Crippen LogP contribution in [0, 0.1) is 0 Å². The Kier molecular flexibility index (Phi) is 4.11. The third kappa shape index (κ3) is 3.29. The van der Waals surface area contributed by atoms with Crippen molar-refractivity contribution in [3.63, 3.8) is 0 Å². The summed E-state index contributed by atoms with van der Waals surface area (Å²) < 4.78 is 0. The third-order valence-electron chi connectivity index (χ3n) is 3.06. The van der Waals surface area contributed by atoms with Crippen molar-refractivity contribution in [2.45, 2.75) is 6.54 Å². The second-order valence-electron chi connectivity index (χ2n) is 4.59. The van der Waals surface area contributed by atoms with Crippen molar-refractivity contribution >= 4 is 17.2 Å². The van der Waals surface area contributed by atoms with E-state index in [1.807, 2.05) is 17.5 Å². The van der Waals surface area contributed by atoms with Gasteiger partial charge >= 0.3 is 0 Å². The molecule has 6 heteroatoms. The highest BCUT2D eigenvalue weighted by molar-refractivity contribution is 7.09. The molecule has 3 rings (SSSR count). The van der Waals surface area contributed by atoms with Crippen LogP contribution in [0.15, 0.2) is 54.2 Å². The van der Waals surface area contributed by atoms with E-state index in [9.17, 15) is 9.90 Å². The van der Waals surface area contributed by atoms with Crippen LogP contribution in [-0.4, -0.2) is 21.0 Å². The molecule has 0 unspecified atom stereocenters. The lowest BCUT2D eigenvalue weighted by Gasteiger charge is -2.02. The molecule has 1 amide bonds. The van der Waals surface area contributed by atoms with Gasteiger partial charge in [0, 0.05) is 28.9 Å². The zero-order valence-corrected chi connectivity index (χ0v) is 12.4. The Morgan fingerprint density at radius 3 is 2.59 bits per heavy atom. The van der Waals surface area contributed by atoms with Crippen LogP contribution in [0.25, 0.3) is 11.3 Å². The van der Waals surface area contributed by atoms with Gasteiger partial charge in [-0.1, -0.05) is 0 Å². The quantitative estimate of drug-likeness (QED) is 0.777. The number of pyridine rings is 1. The van der Waals surface area contributed by atoms with Crippen molar-refractivity contribution in [1.82, 2.24) is 15.3 Å². The molecule has 3 aromatic rings. The number of aromatic hydroxyl groups is 1. The van der Waals surface area contributed by atoms with Gasteiger partial charge in [-0.2, -0.15) is 0 Å². The highest BCUT2D eigenvalue weighted by atomic mass is 32.1. The van der Waals surface area contributed by atoms with Gasteiger partial charge in [-0.3, -0.25) is 9.78 Å². The molecule has 0 saturated carbocycles. The molecule has 0 fully saturated rings. The number of carbonyl (C=O) groups excluding carboxylic acids is 1. The topological polar surface area (TPSA) is 75.1 Å². The average Bonchev–Trinajstić information content (AvgIpc) is 3.03. The van der Waals surface area contributed by atoms with Crippen molar-refractivity contribution in [3.05, 3.63) is 64.7 Å². The van der Waals surface area contributed by atoms with Crippen LogP contribution in [0.4, 0.5) is 0 Å². The summed E-state index contributed by atoms with van der Waals surface area (Å²) in [4.78, 5) is 20.3. The number of thiazole rings is 1. The number of phenolic OH excluding ortho intramolecular Hbond substituents is 1. The molecule has 0 bridgehead atoms. The molecule has 2 heterocycles. The standard InChI is InChI=1S/C16H13N3O2S/c20-13-3-1-11(2-4-13)14-10-22-15(19-14)9-18-16(21)12-5-7-17-8-6-12/h1-8,10,20H,9H2,(H,18,21). The maximum Gasteiger partial charge on any atom is 0.251 e. The van der Waals surface area contributed by atoms with Crippen LogP contribution in [0.1, 0.15) is 15.4 Å². The lowest BCUT2D eigenvalue weighted by molar-refractivity contribution is 0.0950. The van der Waals surface area contributed by atoms with E-state index in [4.69, 9.17) is 0 Å². The van der Waals surface area contributed by atoms with E-state index in [-0.39, 0.29) is 11.7 Å². The maximum atomic E-state index is 11.9. The summed E-state index contributed by atoms with van der Waals surface area (Å²) in [5, 5.41) is 14.9. The minimum atomic E-state index is -0.149. The molecule has 5 nitrogen and oxygen atoms in total. The number of amides is 1. The fraction of sp³-hybridized carbons (Fsp3) is 0.0625. The van der Waals surface area contributed by atoms with Crippen molar-refractivity contribution in [2.75, 3.05) is 0 Å². The van der Waals surface area contributed by atoms with Crippen LogP contribution >= 0.6 is 11.3 Å². The molecule has 22 heavy (non-hydrogen) atoms. The van der Waals surface area contributed by atoms with Gasteiger partial charge in [0.2, 0.25) is 0 Å². The molecule has 0 atom stereocenters. The van der Waals surface area contributed by atoms with Gasteiger partial charge in [-0.15, -0.1) is 11.3 Å². The molecule has 0 aliphatic heterocycles. The van der Waals surface area contributed by atoms with Gasteiger partial charge < -0.3 is 10.4 Å². The highest BCUT2D eigenvalue weighted by Gasteiger charge is 2.08. The van der Waals surface area contributed by atoms with E-state index in [0.717, 1.165) is 16.3 Å². The molecule has 110 valence electrons. The summed E-state index contributed by atoms with van der Waals surface area (Å²) in [6.45, 7) is 0.379. The maximum absolute atomic E-state index is 11.9. The first-order valence-corrected chi connectivity index (χ1v) is 7.52. The van der Waals surface area contributed by atoms with Gasteiger partial charge in [-0.05, 0) is 36.4 Å². The lowest BCUT2D eigenvalue weighted by Crippen LogP contribution is -2.22. The summed E-state index contributed by atoms with van der Waals surface area (Å²) in [5.41, 5.74) is 2.34. The number of hydrogen-bond acceptors (Lipinski definition) is 5. The molecule has 0 aliphatic rings. The first kappa shape index (κ1) is 14.2. The fourth-order valence-corrected chi connectivity index (χ4v) is 2.66. The number of nitrogens with one attached hydrogen (secondary N) is 1. The number of phenols is 1. The Morgan fingerprint density at radius 2 is 1.86 bits per heavy atom. The second-order valence-corrected chi connectivity index (χ2v) is 5.53. The van der Waals surface area contributed by atoms with Crippen LogP contribution < -0.4 is 5.32 Å². The van der Waals surface area contributed by atoms with Crippen molar-refractivity contribution in [1.29, 1.82) is 0 Å². The number of rotatable bonds is 4. The van der Waals surface area contributed by atoms with Gasteiger partial charge in [0.25, 0.3) is 5.91 Å². The van der Waals surface area contributed by atoms with Crippen molar-refractivity contribution in [2.24, 2.45) is 0 Å². The smallest absolute Gasteiger partial charge is 0.251 e. The lowest BCUT2D eigenvalue weighted by atomic mass is 10.2. The summed E-state index contributed by atoms with van der Waals surface area (Å²) in [6.07, 6.45) is 3.17. The number of aromatic nitrogens is 2. The van der Waals surface area contributed by atoms with Crippen LogP contribution in [0.5, 0.6) is 5.75 Å². The molecule has 0 aliphatic carbocycles. The Hall–Kier alpha value is -2.73. The van der Waals surface area contributed by atoms with E-state index in [1.54, 1.807) is 36.7 Å². The van der Waals surface area contributed by atoms with Gasteiger partial charge in [0.15, 0.2) is 0 Å². The summed E-state index contributed by atoms with van der Waals surface area (Å²) in [6, 6.07) is 10.2. The molecular formula is C16H13N3O2S. The predicted octanol–water partition coefficient (Wildman–Crippen LogP) is 2.84. The number of hydrogen-bond donors (Lipinski definition) is 2. The number of carbonyl (C=O) groups is 1. The Morgan fingerprint density at radius 1 is 1.14 bits per heavy atom. The monoisotopic (exact) mass is 311 g/mol. The van der Waals surface area contributed by atoms with E-state index < -0.39 is 0 Å². The molecule has 2 N–H and O–H groups in total. The minimum Gasteiger partial charge on any atom is -0.508 e. The van der Waals surface area contributed by atoms with E-state index in [1.165, 1.54) is 11.3 Å². The zero-order chi connectivity index (χ0) is 15.4. The minimum absolute atomic E-state index is 0.149. The second kappa shape index (κ2) is 6.36. The summed E-state index contributed by atoms with van der Waals surface area (Å²) in [5.74, 6) is 0.0765. The first-order chi connectivity index (χ1) is 10.7. The molecule has 0 saturated heterocycles. The number of nitrogens with zero attached hydrogens (tertiary/aromatic N) is 2. The van der Waals surface area contributed by atoms with Gasteiger partial charge in [-0.25, -0.2) is 4.98 Å². The van der Waals surface area contributed by atoms with Crippen LogP contribution in [0.2, 0.25) is 0 Å². The first-order valence-electron chi connectivity index (χ1n) is 6.64. The molecule has 0 spiro atoms. The average molecular weight is 311 g/mol. The molecule has 1 aromatic carbocycles. The Balaban J connectivity index is 1.65. The third-order valence-corrected chi connectivity index (χ3v) is 3.91. The van der Waals surface area contributed by atoms with Crippen LogP contribution in [0.3, 0.4) is 0 Å².